The Hall–Kier alpha value is -3.26. The van der Waals surface area contributed by atoms with E-state index < -0.39 is 4.92 Å². The summed E-state index contributed by atoms with van der Waals surface area (Å²) in [6, 6.07) is 14.7. The molecule has 1 aliphatic heterocycles. The van der Waals surface area contributed by atoms with E-state index in [1.807, 2.05) is 0 Å². The summed E-state index contributed by atoms with van der Waals surface area (Å²) in [5.41, 5.74) is 3.24. The normalized spacial score (nSPS) is 15.0. The second kappa shape index (κ2) is 7.77. The number of nitro groups is 1. The van der Waals surface area contributed by atoms with Crippen molar-refractivity contribution in [2.75, 3.05) is 31.1 Å². The first kappa shape index (κ1) is 18.1. The molecule has 1 saturated heterocycles. The molecule has 3 aromatic rings. The highest BCUT2D eigenvalue weighted by molar-refractivity contribution is 5.55. The van der Waals surface area contributed by atoms with Gasteiger partial charge < -0.3 is 9.32 Å². The first-order valence-corrected chi connectivity index (χ1v) is 9.20. The van der Waals surface area contributed by atoms with E-state index >= 15 is 0 Å². The minimum atomic E-state index is -0.431. The van der Waals surface area contributed by atoms with Crippen molar-refractivity contribution >= 4 is 11.4 Å². The number of anilines is 1. The zero-order valence-corrected chi connectivity index (χ0v) is 15.6. The Balaban J connectivity index is 1.35. The number of benzene rings is 2. The minimum Gasteiger partial charge on any atom is -0.419 e. The highest BCUT2D eigenvalue weighted by Gasteiger charge is 2.20. The number of hydrogen-bond acceptors (Lipinski definition) is 7. The van der Waals surface area contributed by atoms with E-state index in [1.54, 1.807) is 12.1 Å². The molecule has 0 N–H and O–H groups in total. The molecule has 0 atom stereocenters. The maximum absolute atomic E-state index is 10.7. The largest absolute Gasteiger partial charge is 0.419 e. The molecule has 0 spiro atoms. The van der Waals surface area contributed by atoms with Crippen LogP contribution < -0.4 is 4.90 Å². The number of aryl methyl sites for hydroxylation is 1. The summed E-state index contributed by atoms with van der Waals surface area (Å²) < 4.78 is 5.75. The van der Waals surface area contributed by atoms with Gasteiger partial charge in [-0.1, -0.05) is 12.1 Å². The molecular weight excluding hydrogens is 358 g/mol. The standard InChI is InChI=1S/C20H21N5O3/c1-15-3-2-4-18(13-15)24-11-9-23(10-12-24)14-19-21-22-20(28-19)16-5-7-17(8-6-16)25(26)27/h2-8,13H,9-12,14H2,1H3. The summed E-state index contributed by atoms with van der Waals surface area (Å²) in [5, 5.41) is 19.0. The van der Waals surface area contributed by atoms with Crippen LogP contribution in [-0.4, -0.2) is 46.2 Å². The van der Waals surface area contributed by atoms with Gasteiger partial charge in [0.05, 0.1) is 11.5 Å². The third-order valence-electron chi connectivity index (χ3n) is 4.89. The van der Waals surface area contributed by atoms with Crippen LogP contribution in [0.3, 0.4) is 0 Å². The molecule has 2 heterocycles. The molecule has 8 heteroatoms. The lowest BCUT2D eigenvalue weighted by Gasteiger charge is -2.35. The average Bonchev–Trinajstić information content (AvgIpc) is 3.17. The molecular formula is C20H21N5O3. The van der Waals surface area contributed by atoms with Crippen molar-refractivity contribution in [3.05, 3.63) is 70.1 Å². The zero-order chi connectivity index (χ0) is 19.5. The molecule has 144 valence electrons. The van der Waals surface area contributed by atoms with E-state index in [9.17, 15) is 10.1 Å². The Morgan fingerprint density at radius 1 is 1.07 bits per heavy atom. The Kier molecular flexibility index (Phi) is 5.03. The van der Waals surface area contributed by atoms with E-state index in [-0.39, 0.29) is 5.69 Å². The number of non-ortho nitro benzene ring substituents is 1. The van der Waals surface area contributed by atoms with Gasteiger partial charge in [-0.05, 0) is 36.8 Å². The lowest BCUT2D eigenvalue weighted by atomic mass is 10.2. The van der Waals surface area contributed by atoms with Gasteiger partial charge in [0, 0.05) is 49.6 Å². The fourth-order valence-corrected chi connectivity index (χ4v) is 3.34. The Bertz CT molecular complexity index is 962. The van der Waals surface area contributed by atoms with Gasteiger partial charge in [0.25, 0.3) is 5.69 Å². The molecule has 0 aliphatic carbocycles. The van der Waals surface area contributed by atoms with Gasteiger partial charge in [0.15, 0.2) is 0 Å². The molecule has 1 aliphatic rings. The smallest absolute Gasteiger partial charge is 0.269 e. The van der Waals surface area contributed by atoms with Crippen molar-refractivity contribution in [1.29, 1.82) is 0 Å². The van der Waals surface area contributed by atoms with Gasteiger partial charge in [-0.3, -0.25) is 15.0 Å². The predicted octanol–water partition coefficient (Wildman–Crippen LogP) is 3.28. The lowest BCUT2D eigenvalue weighted by molar-refractivity contribution is -0.384. The maximum Gasteiger partial charge on any atom is 0.269 e. The molecule has 0 bridgehead atoms. The van der Waals surface area contributed by atoms with Crippen LogP contribution in [0.15, 0.2) is 52.9 Å². The topological polar surface area (TPSA) is 88.5 Å². The second-order valence-corrected chi connectivity index (χ2v) is 6.91. The van der Waals surface area contributed by atoms with Crippen LogP contribution in [0.25, 0.3) is 11.5 Å². The SMILES string of the molecule is Cc1cccc(N2CCN(Cc3nnc(-c4ccc([N+](=O)[O-])cc4)o3)CC2)c1. The Morgan fingerprint density at radius 2 is 1.82 bits per heavy atom. The first-order valence-electron chi connectivity index (χ1n) is 9.20. The highest BCUT2D eigenvalue weighted by Crippen LogP contribution is 2.22. The van der Waals surface area contributed by atoms with E-state index in [0.717, 1.165) is 26.2 Å². The number of hydrogen-bond donors (Lipinski definition) is 0. The molecule has 1 aromatic heterocycles. The van der Waals surface area contributed by atoms with Gasteiger partial charge in [0.1, 0.15) is 0 Å². The van der Waals surface area contributed by atoms with Gasteiger partial charge in [0.2, 0.25) is 11.8 Å². The first-order chi connectivity index (χ1) is 13.6. The van der Waals surface area contributed by atoms with Gasteiger partial charge in [-0.2, -0.15) is 0 Å². The number of nitro benzene ring substituents is 1. The van der Waals surface area contributed by atoms with Crippen molar-refractivity contribution in [1.82, 2.24) is 15.1 Å². The zero-order valence-electron chi connectivity index (χ0n) is 15.6. The second-order valence-electron chi connectivity index (χ2n) is 6.91. The number of piperazine rings is 1. The van der Waals surface area contributed by atoms with Gasteiger partial charge >= 0.3 is 0 Å². The van der Waals surface area contributed by atoms with Crippen LogP contribution in [0.4, 0.5) is 11.4 Å². The highest BCUT2D eigenvalue weighted by atomic mass is 16.6. The van der Waals surface area contributed by atoms with Crippen LogP contribution in [0, 0.1) is 17.0 Å². The van der Waals surface area contributed by atoms with Crippen LogP contribution in [-0.2, 0) is 6.54 Å². The van der Waals surface area contributed by atoms with E-state index in [0.29, 0.717) is 23.9 Å². The Morgan fingerprint density at radius 3 is 2.50 bits per heavy atom. The van der Waals surface area contributed by atoms with Crippen LogP contribution in [0.1, 0.15) is 11.5 Å². The minimum absolute atomic E-state index is 0.0370. The summed E-state index contributed by atoms with van der Waals surface area (Å²) >= 11 is 0. The monoisotopic (exact) mass is 379 g/mol. The Labute approximate surface area is 162 Å². The van der Waals surface area contributed by atoms with Crippen molar-refractivity contribution in [3.63, 3.8) is 0 Å². The average molecular weight is 379 g/mol. The predicted molar refractivity (Wildman–Crippen MR) is 105 cm³/mol. The van der Waals surface area contributed by atoms with Crippen LogP contribution in [0.2, 0.25) is 0 Å². The van der Waals surface area contributed by atoms with E-state index in [1.165, 1.54) is 23.4 Å². The fourth-order valence-electron chi connectivity index (χ4n) is 3.34. The van der Waals surface area contributed by atoms with Gasteiger partial charge in [-0.25, -0.2) is 0 Å². The summed E-state index contributed by atoms with van der Waals surface area (Å²) in [6.07, 6.45) is 0. The van der Waals surface area contributed by atoms with Crippen LogP contribution >= 0.6 is 0 Å². The van der Waals surface area contributed by atoms with E-state index in [4.69, 9.17) is 4.42 Å². The number of rotatable bonds is 5. The molecule has 0 amide bonds. The molecule has 4 rings (SSSR count). The molecule has 1 fully saturated rings. The van der Waals surface area contributed by atoms with E-state index in [2.05, 4.69) is 51.2 Å². The summed E-state index contributed by atoms with van der Waals surface area (Å²) in [6.45, 7) is 6.45. The van der Waals surface area contributed by atoms with Crippen molar-refractivity contribution in [2.45, 2.75) is 13.5 Å². The van der Waals surface area contributed by atoms with Crippen LogP contribution in [0.5, 0.6) is 0 Å². The van der Waals surface area contributed by atoms with Crippen molar-refractivity contribution in [3.8, 4) is 11.5 Å². The van der Waals surface area contributed by atoms with Gasteiger partial charge in [-0.15, -0.1) is 10.2 Å². The third kappa shape index (κ3) is 4.01. The maximum atomic E-state index is 10.7. The van der Waals surface area contributed by atoms with Crippen molar-refractivity contribution in [2.24, 2.45) is 0 Å². The third-order valence-corrected chi connectivity index (χ3v) is 4.89. The fraction of sp³-hybridized carbons (Fsp3) is 0.300. The quantitative estimate of drug-likeness (QED) is 0.496. The molecule has 0 saturated carbocycles. The number of aromatic nitrogens is 2. The van der Waals surface area contributed by atoms with Crippen molar-refractivity contribution < 1.29 is 9.34 Å². The summed E-state index contributed by atoms with van der Waals surface area (Å²) in [4.78, 5) is 15.0. The molecule has 0 unspecified atom stereocenters. The number of nitrogens with zero attached hydrogens (tertiary/aromatic N) is 5. The lowest BCUT2D eigenvalue weighted by Crippen LogP contribution is -2.46. The molecule has 0 radical (unpaired) electrons. The summed E-state index contributed by atoms with van der Waals surface area (Å²) in [7, 11) is 0. The summed E-state index contributed by atoms with van der Waals surface area (Å²) in [5.74, 6) is 0.931. The molecule has 8 nitrogen and oxygen atoms in total. The molecule has 2 aromatic carbocycles. The molecule has 28 heavy (non-hydrogen) atoms.